The number of benzene rings is 3. The van der Waals surface area contributed by atoms with E-state index in [1.165, 1.54) is 36.5 Å². The van der Waals surface area contributed by atoms with Gasteiger partial charge in [-0.05, 0) is 53.4 Å². The number of hydrogen-bond acceptors (Lipinski definition) is 2. The molecule has 0 aliphatic heterocycles. The molecule has 0 saturated carbocycles. The van der Waals surface area contributed by atoms with Crippen molar-refractivity contribution < 1.29 is 1.37 Å². The van der Waals surface area contributed by atoms with Crippen molar-refractivity contribution in [2.45, 2.75) is 26.7 Å². The van der Waals surface area contributed by atoms with E-state index in [0.29, 0.717) is 0 Å². The molecule has 0 fully saturated rings. The van der Waals surface area contributed by atoms with E-state index in [-0.39, 0.29) is 0 Å². The van der Waals surface area contributed by atoms with Crippen molar-refractivity contribution in [1.82, 2.24) is 4.98 Å². The zero-order valence-electron chi connectivity index (χ0n) is 16.7. The van der Waals surface area contributed by atoms with E-state index in [1.54, 1.807) is 0 Å². The lowest BCUT2D eigenvalue weighted by Crippen LogP contribution is -1.91. The third-order valence-corrected chi connectivity index (χ3v) is 6.43. The Labute approximate surface area is 164 Å². The predicted octanol–water partition coefficient (Wildman–Crippen LogP) is 7.70. The second-order valence-electron chi connectivity index (χ2n) is 7.38. The number of pyridine rings is 1. The van der Waals surface area contributed by atoms with Crippen molar-refractivity contribution in [1.29, 1.82) is 0 Å². The molecule has 132 valence electrons. The standard InChI is InChI=1S/C25H21NS/c1-15(2)17-10-11-26-22(14-17)21-13-18-12-16(3)8-9-19(18)24-20-6-4-5-7-23(20)27-25(21)24/h4-15H,1-3H3/i15D. The fourth-order valence-electron chi connectivity index (χ4n) is 3.83. The summed E-state index contributed by atoms with van der Waals surface area (Å²) in [5, 5.41) is 5.14. The Morgan fingerprint density at radius 2 is 1.81 bits per heavy atom. The van der Waals surface area contributed by atoms with E-state index in [1.807, 2.05) is 37.4 Å². The minimum absolute atomic E-state index is 0.648. The smallest absolute Gasteiger partial charge is 0.0719 e. The topological polar surface area (TPSA) is 12.9 Å². The average Bonchev–Trinajstić information content (AvgIpc) is 3.06. The van der Waals surface area contributed by atoms with Gasteiger partial charge in [-0.15, -0.1) is 11.3 Å². The summed E-state index contributed by atoms with van der Waals surface area (Å²) in [6.45, 7) is 5.98. The van der Waals surface area contributed by atoms with Crippen LogP contribution in [0.3, 0.4) is 0 Å². The van der Waals surface area contributed by atoms with Gasteiger partial charge in [0.05, 0.1) is 5.69 Å². The Balaban J connectivity index is 1.93. The molecule has 0 radical (unpaired) electrons. The zero-order chi connectivity index (χ0) is 19.5. The molecule has 3 aromatic carbocycles. The number of nitrogens with zero attached hydrogens (tertiary/aromatic N) is 1. The molecule has 0 aliphatic carbocycles. The van der Waals surface area contributed by atoms with Crippen molar-refractivity contribution in [3.63, 3.8) is 0 Å². The highest BCUT2D eigenvalue weighted by atomic mass is 32.1. The van der Waals surface area contributed by atoms with Crippen molar-refractivity contribution in [2.75, 3.05) is 0 Å². The monoisotopic (exact) mass is 368 g/mol. The van der Waals surface area contributed by atoms with Gasteiger partial charge in [-0.2, -0.15) is 0 Å². The molecule has 1 nitrogen and oxygen atoms in total. The molecule has 0 atom stereocenters. The van der Waals surface area contributed by atoms with Crippen LogP contribution in [-0.2, 0) is 0 Å². The number of aryl methyl sites for hydroxylation is 1. The van der Waals surface area contributed by atoms with E-state index < -0.39 is 5.89 Å². The second-order valence-corrected chi connectivity index (χ2v) is 8.43. The van der Waals surface area contributed by atoms with E-state index >= 15 is 0 Å². The Morgan fingerprint density at radius 1 is 0.963 bits per heavy atom. The molecule has 2 heteroatoms. The third-order valence-electron chi connectivity index (χ3n) is 5.23. The fourth-order valence-corrected chi connectivity index (χ4v) is 5.07. The van der Waals surface area contributed by atoms with Gasteiger partial charge >= 0.3 is 0 Å². The Hall–Kier alpha value is -2.71. The molecule has 0 N–H and O–H groups in total. The molecule has 2 aromatic heterocycles. The molecular formula is C25H21NS. The fraction of sp³-hybridized carbons (Fsp3) is 0.160. The summed E-state index contributed by atoms with van der Waals surface area (Å²) in [5.74, 6) is -0.648. The van der Waals surface area contributed by atoms with Crippen LogP contribution in [0.4, 0.5) is 0 Å². The highest BCUT2D eigenvalue weighted by Gasteiger charge is 2.15. The van der Waals surface area contributed by atoms with Gasteiger partial charge in [0.25, 0.3) is 0 Å². The SMILES string of the molecule is [2H]C(C)(C)c1ccnc(-c2cc3cc(C)ccc3c3c2sc2ccccc23)c1. The first-order valence-electron chi connectivity index (χ1n) is 9.73. The first-order chi connectivity index (χ1) is 13.4. The Kier molecular flexibility index (Phi) is 3.51. The van der Waals surface area contributed by atoms with Crippen LogP contribution >= 0.6 is 11.3 Å². The van der Waals surface area contributed by atoms with Crippen molar-refractivity contribution >= 4 is 42.3 Å². The maximum atomic E-state index is 8.42. The lowest BCUT2D eigenvalue weighted by Gasteiger charge is -2.11. The van der Waals surface area contributed by atoms with Crippen LogP contribution in [0.5, 0.6) is 0 Å². The summed E-state index contributed by atoms with van der Waals surface area (Å²) in [5.41, 5.74) is 4.33. The Bertz CT molecular complexity index is 1360. The van der Waals surface area contributed by atoms with Crippen LogP contribution in [0.1, 0.15) is 32.2 Å². The number of thiophene rings is 1. The molecule has 0 saturated heterocycles. The van der Waals surface area contributed by atoms with Crippen LogP contribution in [0.2, 0.25) is 0 Å². The van der Waals surface area contributed by atoms with Gasteiger partial charge in [0.2, 0.25) is 0 Å². The summed E-state index contributed by atoms with van der Waals surface area (Å²) in [4.78, 5) is 4.70. The Morgan fingerprint density at radius 3 is 2.67 bits per heavy atom. The van der Waals surface area contributed by atoms with E-state index in [4.69, 9.17) is 6.35 Å². The van der Waals surface area contributed by atoms with Crippen LogP contribution in [0.25, 0.3) is 42.2 Å². The molecule has 0 spiro atoms. The highest BCUT2D eigenvalue weighted by molar-refractivity contribution is 7.26. The lowest BCUT2D eigenvalue weighted by atomic mass is 9.96. The lowest BCUT2D eigenvalue weighted by molar-refractivity contribution is 0.864. The maximum absolute atomic E-state index is 8.42. The van der Waals surface area contributed by atoms with Crippen LogP contribution in [0.15, 0.2) is 66.9 Å². The molecule has 0 aliphatic rings. The molecule has 27 heavy (non-hydrogen) atoms. The largest absolute Gasteiger partial charge is 0.256 e. The number of rotatable bonds is 2. The molecule has 0 amide bonds. The maximum Gasteiger partial charge on any atom is 0.0719 e. The van der Waals surface area contributed by atoms with Gasteiger partial charge in [0.1, 0.15) is 0 Å². The number of aromatic nitrogens is 1. The van der Waals surface area contributed by atoms with Gasteiger partial charge < -0.3 is 0 Å². The second kappa shape index (κ2) is 6.17. The average molecular weight is 369 g/mol. The van der Waals surface area contributed by atoms with Gasteiger partial charge in [0, 0.05) is 33.3 Å². The van der Waals surface area contributed by atoms with E-state index in [0.717, 1.165) is 16.8 Å². The summed E-state index contributed by atoms with van der Waals surface area (Å²) < 4.78 is 11.0. The summed E-state index contributed by atoms with van der Waals surface area (Å²) >= 11 is 1.83. The minimum atomic E-state index is -0.648. The molecule has 2 heterocycles. The van der Waals surface area contributed by atoms with Crippen LogP contribution in [0, 0.1) is 6.92 Å². The summed E-state index contributed by atoms with van der Waals surface area (Å²) in [7, 11) is 0. The molecule has 5 rings (SSSR count). The minimum Gasteiger partial charge on any atom is -0.256 e. The van der Waals surface area contributed by atoms with E-state index in [9.17, 15) is 0 Å². The molecular weight excluding hydrogens is 346 g/mol. The first-order valence-corrected chi connectivity index (χ1v) is 10.0. The van der Waals surface area contributed by atoms with Crippen LogP contribution < -0.4 is 0 Å². The van der Waals surface area contributed by atoms with Gasteiger partial charge in [-0.1, -0.05) is 55.8 Å². The van der Waals surface area contributed by atoms with Crippen LogP contribution in [-0.4, -0.2) is 4.98 Å². The van der Waals surface area contributed by atoms with E-state index in [2.05, 4.69) is 61.5 Å². The quantitative estimate of drug-likeness (QED) is 0.311. The molecule has 0 bridgehead atoms. The van der Waals surface area contributed by atoms with Crippen molar-refractivity contribution in [3.8, 4) is 11.3 Å². The molecule has 5 aromatic rings. The number of fused-ring (bicyclic) bond motifs is 5. The van der Waals surface area contributed by atoms with Gasteiger partial charge in [-0.3, -0.25) is 4.98 Å². The first kappa shape index (κ1) is 15.4. The molecule has 0 unspecified atom stereocenters. The summed E-state index contributed by atoms with van der Waals surface area (Å²) in [6.07, 6.45) is 1.83. The van der Waals surface area contributed by atoms with Crippen molar-refractivity contribution in [3.05, 3.63) is 78.0 Å². The summed E-state index contributed by atoms with van der Waals surface area (Å²) in [6, 6.07) is 21.6. The highest BCUT2D eigenvalue weighted by Crippen LogP contribution is 2.44. The predicted molar refractivity (Wildman–Crippen MR) is 119 cm³/mol. The van der Waals surface area contributed by atoms with Gasteiger partial charge in [0.15, 0.2) is 0 Å². The normalized spacial score (nSPS) is 12.8. The van der Waals surface area contributed by atoms with Crippen molar-refractivity contribution in [2.24, 2.45) is 0 Å². The third kappa shape index (κ3) is 2.64. The number of hydrogen-bond donors (Lipinski definition) is 0. The van der Waals surface area contributed by atoms with Gasteiger partial charge in [-0.25, -0.2) is 0 Å². The zero-order valence-corrected chi connectivity index (χ0v) is 16.5.